The van der Waals surface area contributed by atoms with Gasteiger partial charge >= 0.3 is 0 Å². The van der Waals surface area contributed by atoms with Gasteiger partial charge in [0.2, 0.25) is 0 Å². The molecule has 3 N–H and O–H groups in total. The fraction of sp³-hybridized carbons (Fsp3) is 0.188. The Bertz CT molecular complexity index is 776. The predicted molar refractivity (Wildman–Crippen MR) is 84.8 cm³/mol. The number of benzene rings is 1. The van der Waals surface area contributed by atoms with Gasteiger partial charge in [-0.1, -0.05) is 13.0 Å². The molecule has 1 atom stereocenters. The molecule has 0 fully saturated rings. The average Bonchev–Trinajstić information content (AvgIpc) is 2.98. The van der Waals surface area contributed by atoms with Crippen molar-refractivity contribution in [2.45, 2.75) is 19.2 Å². The Labute approximate surface area is 132 Å². The van der Waals surface area contributed by atoms with Crippen LogP contribution in [0.5, 0.6) is 0 Å². The SMILES string of the molecule is CCc1ccc([N+](=O)[O-])cc1C1(N)NC=C(c2ccncc2)O1. The van der Waals surface area contributed by atoms with Gasteiger partial charge in [0.1, 0.15) is 5.76 Å². The molecule has 1 aliphatic rings. The third kappa shape index (κ3) is 2.74. The summed E-state index contributed by atoms with van der Waals surface area (Å²) < 4.78 is 5.88. The Morgan fingerprint density at radius 2 is 2.09 bits per heavy atom. The third-order valence-electron chi connectivity index (χ3n) is 3.74. The van der Waals surface area contributed by atoms with E-state index in [1.54, 1.807) is 36.8 Å². The fourth-order valence-electron chi connectivity index (χ4n) is 2.53. The molecule has 1 aromatic heterocycles. The van der Waals surface area contributed by atoms with Crippen LogP contribution in [0.25, 0.3) is 5.76 Å². The highest BCUT2D eigenvalue weighted by Gasteiger charge is 2.37. The number of hydrogen-bond donors (Lipinski definition) is 2. The minimum atomic E-state index is -1.34. The first kappa shape index (κ1) is 15.0. The maximum Gasteiger partial charge on any atom is 0.270 e. The van der Waals surface area contributed by atoms with E-state index in [9.17, 15) is 10.1 Å². The number of nitro benzene ring substituents is 1. The summed E-state index contributed by atoms with van der Waals surface area (Å²) in [5, 5.41) is 14.0. The Morgan fingerprint density at radius 3 is 2.74 bits per heavy atom. The molecule has 0 saturated carbocycles. The van der Waals surface area contributed by atoms with Crippen LogP contribution in [0.15, 0.2) is 48.9 Å². The lowest BCUT2D eigenvalue weighted by Gasteiger charge is -2.27. The van der Waals surface area contributed by atoms with Gasteiger partial charge in [-0.3, -0.25) is 20.8 Å². The summed E-state index contributed by atoms with van der Waals surface area (Å²) in [5.41, 5.74) is 8.56. The van der Waals surface area contributed by atoms with E-state index in [-0.39, 0.29) is 5.69 Å². The van der Waals surface area contributed by atoms with Crippen LogP contribution in [0.2, 0.25) is 0 Å². The van der Waals surface area contributed by atoms with Gasteiger partial charge in [0.25, 0.3) is 11.5 Å². The second-order valence-corrected chi connectivity index (χ2v) is 5.18. The van der Waals surface area contributed by atoms with E-state index in [1.165, 1.54) is 12.1 Å². The summed E-state index contributed by atoms with van der Waals surface area (Å²) in [5.74, 6) is -0.779. The average molecular weight is 312 g/mol. The molecule has 2 heterocycles. The molecule has 0 amide bonds. The standard InChI is InChI=1S/C16H16N4O3/c1-2-11-3-4-13(20(21)22)9-14(11)16(17)19-10-15(23-16)12-5-7-18-8-6-12/h3-10,19H,2,17H2,1H3. The minimum absolute atomic E-state index is 0.0233. The zero-order chi connectivity index (χ0) is 16.4. The quantitative estimate of drug-likeness (QED) is 0.663. The molecule has 2 aromatic rings. The van der Waals surface area contributed by atoms with E-state index in [1.807, 2.05) is 6.92 Å². The molecule has 0 saturated heterocycles. The van der Waals surface area contributed by atoms with Crippen LogP contribution in [0.1, 0.15) is 23.6 Å². The first-order chi connectivity index (χ1) is 11.0. The lowest BCUT2D eigenvalue weighted by Crippen LogP contribution is -2.47. The number of pyridine rings is 1. The van der Waals surface area contributed by atoms with Crippen LogP contribution in [-0.2, 0) is 17.0 Å². The van der Waals surface area contributed by atoms with Crippen molar-refractivity contribution in [3.8, 4) is 0 Å². The number of nitrogens with two attached hydrogens (primary N) is 1. The van der Waals surface area contributed by atoms with Crippen LogP contribution in [0, 0.1) is 10.1 Å². The molecular formula is C16H16N4O3. The number of rotatable bonds is 4. The van der Waals surface area contributed by atoms with Crippen molar-refractivity contribution < 1.29 is 9.66 Å². The van der Waals surface area contributed by atoms with Gasteiger partial charge in [0, 0.05) is 41.9 Å². The van der Waals surface area contributed by atoms with Crippen LogP contribution < -0.4 is 11.1 Å². The van der Waals surface area contributed by atoms with Crippen LogP contribution in [0.4, 0.5) is 5.69 Å². The van der Waals surface area contributed by atoms with Gasteiger partial charge in [0.15, 0.2) is 0 Å². The molecular weight excluding hydrogens is 296 g/mol. The second kappa shape index (κ2) is 5.69. The van der Waals surface area contributed by atoms with Crippen molar-refractivity contribution in [1.29, 1.82) is 0 Å². The van der Waals surface area contributed by atoms with E-state index >= 15 is 0 Å². The highest BCUT2D eigenvalue weighted by molar-refractivity contribution is 5.61. The van der Waals surface area contributed by atoms with Gasteiger partial charge in [-0.25, -0.2) is 0 Å². The Morgan fingerprint density at radius 1 is 1.35 bits per heavy atom. The molecule has 1 unspecified atom stereocenters. The van der Waals surface area contributed by atoms with E-state index in [2.05, 4.69) is 10.3 Å². The molecule has 3 rings (SSSR count). The van der Waals surface area contributed by atoms with E-state index in [4.69, 9.17) is 10.5 Å². The molecule has 7 heteroatoms. The Kier molecular flexibility index (Phi) is 3.71. The van der Waals surface area contributed by atoms with Crippen molar-refractivity contribution >= 4 is 11.4 Å². The first-order valence-corrected chi connectivity index (χ1v) is 7.17. The third-order valence-corrected chi connectivity index (χ3v) is 3.74. The molecule has 0 spiro atoms. The summed E-state index contributed by atoms with van der Waals surface area (Å²) in [4.78, 5) is 14.6. The fourth-order valence-corrected chi connectivity index (χ4v) is 2.53. The Balaban J connectivity index is 1.96. The predicted octanol–water partition coefficient (Wildman–Crippen LogP) is 2.24. The summed E-state index contributed by atoms with van der Waals surface area (Å²) in [6.45, 7) is 1.96. The van der Waals surface area contributed by atoms with E-state index in [0.717, 1.165) is 11.1 Å². The lowest BCUT2D eigenvalue weighted by atomic mass is 10.00. The number of nitrogens with zero attached hydrogens (tertiary/aromatic N) is 2. The number of hydrogen-bond acceptors (Lipinski definition) is 6. The van der Waals surface area contributed by atoms with E-state index < -0.39 is 10.8 Å². The number of non-ortho nitro benzene ring substituents is 1. The normalized spacial score (nSPS) is 19.7. The molecule has 1 aromatic carbocycles. The zero-order valence-corrected chi connectivity index (χ0v) is 12.5. The van der Waals surface area contributed by atoms with Crippen molar-refractivity contribution in [3.63, 3.8) is 0 Å². The smallest absolute Gasteiger partial charge is 0.270 e. The van der Waals surface area contributed by atoms with Gasteiger partial charge in [-0.15, -0.1) is 0 Å². The van der Waals surface area contributed by atoms with Gasteiger partial charge in [0.05, 0.1) is 4.92 Å². The van der Waals surface area contributed by atoms with Crippen LogP contribution >= 0.6 is 0 Å². The number of aromatic nitrogens is 1. The first-order valence-electron chi connectivity index (χ1n) is 7.17. The second-order valence-electron chi connectivity index (χ2n) is 5.18. The monoisotopic (exact) mass is 312 g/mol. The van der Waals surface area contributed by atoms with Crippen molar-refractivity contribution in [2.24, 2.45) is 5.73 Å². The number of aryl methyl sites for hydroxylation is 1. The summed E-state index contributed by atoms with van der Waals surface area (Å²) in [6, 6.07) is 8.23. The highest BCUT2D eigenvalue weighted by Crippen LogP contribution is 2.34. The van der Waals surface area contributed by atoms with Crippen molar-refractivity contribution in [1.82, 2.24) is 10.3 Å². The van der Waals surface area contributed by atoms with Gasteiger partial charge in [-0.05, 0) is 24.1 Å². The minimum Gasteiger partial charge on any atom is -0.448 e. The van der Waals surface area contributed by atoms with Crippen LogP contribution in [0.3, 0.4) is 0 Å². The lowest BCUT2D eigenvalue weighted by molar-refractivity contribution is -0.385. The summed E-state index contributed by atoms with van der Waals surface area (Å²) >= 11 is 0. The molecule has 118 valence electrons. The summed E-state index contributed by atoms with van der Waals surface area (Å²) in [6.07, 6.45) is 5.65. The zero-order valence-electron chi connectivity index (χ0n) is 12.5. The van der Waals surface area contributed by atoms with Crippen molar-refractivity contribution in [2.75, 3.05) is 0 Å². The maximum atomic E-state index is 11.0. The largest absolute Gasteiger partial charge is 0.448 e. The molecule has 23 heavy (non-hydrogen) atoms. The topological polar surface area (TPSA) is 103 Å². The molecule has 0 bridgehead atoms. The Hall–Kier alpha value is -2.93. The van der Waals surface area contributed by atoms with Crippen LogP contribution in [-0.4, -0.2) is 9.91 Å². The molecule has 7 nitrogen and oxygen atoms in total. The van der Waals surface area contributed by atoms with Gasteiger partial charge < -0.3 is 10.1 Å². The molecule has 1 aliphatic heterocycles. The molecule has 0 aliphatic carbocycles. The summed E-state index contributed by atoms with van der Waals surface area (Å²) in [7, 11) is 0. The molecule has 0 radical (unpaired) electrons. The maximum absolute atomic E-state index is 11.0. The van der Waals surface area contributed by atoms with E-state index in [0.29, 0.717) is 17.7 Å². The number of ether oxygens (including phenoxy) is 1. The number of nitro groups is 1. The highest BCUT2D eigenvalue weighted by atomic mass is 16.6. The van der Waals surface area contributed by atoms with Gasteiger partial charge in [-0.2, -0.15) is 0 Å². The van der Waals surface area contributed by atoms with Crippen molar-refractivity contribution in [3.05, 3.63) is 75.7 Å². The number of nitrogens with one attached hydrogen (secondary N) is 1.